The highest BCUT2D eigenvalue weighted by atomic mass is 35.5. The van der Waals surface area contributed by atoms with E-state index in [0.29, 0.717) is 36.8 Å². The number of hydrogen-bond donors (Lipinski definition) is 1. The van der Waals surface area contributed by atoms with Crippen LogP contribution in [0.5, 0.6) is 5.75 Å². The number of esters is 1. The van der Waals surface area contributed by atoms with E-state index in [1.165, 1.54) is 6.07 Å². The summed E-state index contributed by atoms with van der Waals surface area (Å²) in [4.78, 5) is 31.9. The van der Waals surface area contributed by atoms with Gasteiger partial charge in [0.2, 0.25) is 5.91 Å². The summed E-state index contributed by atoms with van der Waals surface area (Å²) in [5.74, 6) is -0.387. The van der Waals surface area contributed by atoms with E-state index in [2.05, 4.69) is 15.2 Å². The third kappa shape index (κ3) is 4.12. The first-order valence-corrected chi connectivity index (χ1v) is 9.71. The highest BCUT2D eigenvalue weighted by Crippen LogP contribution is 2.27. The molecule has 0 unspecified atom stereocenters. The maximum Gasteiger partial charge on any atom is 0.317 e. The highest BCUT2D eigenvalue weighted by molar-refractivity contribution is 6.30. The van der Waals surface area contributed by atoms with Gasteiger partial charge in [0.15, 0.2) is 5.75 Å². The van der Waals surface area contributed by atoms with Crippen molar-refractivity contribution in [1.82, 2.24) is 9.88 Å². The fraction of sp³-hybridized carbons (Fsp3) is 0.350. The molecule has 0 aliphatic carbocycles. The molecule has 1 aromatic heterocycles. The smallest absolute Gasteiger partial charge is 0.317 e. The number of carbonyl (C=O) groups is 2. The number of amides is 1. The van der Waals surface area contributed by atoms with Gasteiger partial charge in [-0.1, -0.05) is 11.6 Å². The number of carbonyl (C=O) groups excluding carboxylic acids is 2. The fourth-order valence-corrected chi connectivity index (χ4v) is 3.72. The van der Waals surface area contributed by atoms with Crippen molar-refractivity contribution < 1.29 is 18.7 Å². The lowest BCUT2D eigenvalue weighted by molar-refractivity contribution is -0.132. The molecule has 1 atom stereocenters. The van der Waals surface area contributed by atoms with Crippen LogP contribution in [0.2, 0.25) is 5.02 Å². The minimum absolute atomic E-state index is 0.0364. The number of benzene rings is 1. The Morgan fingerprint density at radius 3 is 2.97 bits per heavy atom. The van der Waals surface area contributed by atoms with Gasteiger partial charge in [0.05, 0.1) is 35.6 Å². The van der Waals surface area contributed by atoms with Gasteiger partial charge in [-0.05, 0) is 25.1 Å². The van der Waals surface area contributed by atoms with Crippen molar-refractivity contribution in [2.24, 2.45) is 0 Å². The van der Waals surface area contributed by atoms with Gasteiger partial charge in [0, 0.05) is 37.4 Å². The summed E-state index contributed by atoms with van der Waals surface area (Å²) in [5, 5.41) is 3.13. The van der Waals surface area contributed by atoms with E-state index in [9.17, 15) is 14.0 Å². The molecule has 1 amide bonds. The Bertz CT molecular complexity index is 971. The molecule has 2 aliphatic heterocycles. The number of halogens is 2. The molecule has 1 fully saturated rings. The average molecular weight is 419 g/mol. The molecule has 29 heavy (non-hydrogen) atoms. The highest BCUT2D eigenvalue weighted by Gasteiger charge is 2.27. The first-order valence-electron chi connectivity index (χ1n) is 9.33. The second kappa shape index (κ2) is 7.87. The second-order valence-electron chi connectivity index (χ2n) is 7.15. The summed E-state index contributed by atoms with van der Waals surface area (Å²) in [6, 6.07) is 6.47. The number of hydrogen-bond acceptors (Lipinski definition) is 6. The number of fused-ring (bicyclic) bond motifs is 1. The summed E-state index contributed by atoms with van der Waals surface area (Å²) in [6.45, 7) is 3.78. The predicted molar refractivity (Wildman–Crippen MR) is 107 cm³/mol. The van der Waals surface area contributed by atoms with Crippen molar-refractivity contribution in [1.29, 1.82) is 0 Å². The predicted octanol–water partition coefficient (Wildman–Crippen LogP) is 2.48. The quantitative estimate of drug-likeness (QED) is 0.769. The molecule has 2 aliphatic rings. The molecule has 152 valence electrons. The van der Waals surface area contributed by atoms with Crippen LogP contribution in [0, 0.1) is 5.82 Å². The molecule has 1 N–H and O–H groups in total. The number of piperazine rings is 1. The topological polar surface area (TPSA) is 74.8 Å². The lowest BCUT2D eigenvalue weighted by Gasteiger charge is -2.41. The van der Waals surface area contributed by atoms with E-state index >= 15 is 0 Å². The first-order chi connectivity index (χ1) is 13.9. The summed E-state index contributed by atoms with van der Waals surface area (Å²) in [6.07, 6.45) is 1.76. The summed E-state index contributed by atoms with van der Waals surface area (Å²) in [5.41, 5.74) is 1.98. The van der Waals surface area contributed by atoms with Crippen molar-refractivity contribution in [3.8, 4) is 5.75 Å². The number of rotatable bonds is 4. The van der Waals surface area contributed by atoms with Crippen molar-refractivity contribution in [2.75, 3.05) is 36.4 Å². The van der Waals surface area contributed by atoms with Gasteiger partial charge in [-0.2, -0.15) is 0 Å². The largest absolute Gasteiger partial charge is 0.424 e. The Morgan fingerprint density at radius 2 is 2.21 bits per heavy atom. The zero-order valence-corrected chi connectivity index (χ0v) is 16.6. The van der Waals surface area contributed by atoms with Crippen LogP contribution in [-0.4, -0.2) is 54.0 Å². The lowest BCUT2D eigenvalue weighted by Crippen LogP contribution is -2.54. The van der Waals surface area contributed by atoms with Gasteiger partial charge in [-0.25, -0.2) is 4.39 Å². The standard InChI is InChI=1S/C20H20ClFN4O3/c1-12-11-25(4-5-26(12)14-2-3-15(21)16(22)7-14)19(27)10-23-13-6-18-17(24-9-13)8-20(28)29-18/h2-3,6-7,9,12,23H,4-5,8,10-11H2,1H3/t12-/m1/s1. The van der Waals surface area contributed by atoms with E-state index in [4.69, 9.17) is 16.3 Å². The van der Waals surface area contributed by atoms with Gasteiger partial charge < -0.3 is 19.9 Å². The fourth-order valence-electron chi connectivity index (χ4n) is 3.61. The molecule has 2 aromatic rings. The molecular weight excluding hydrogens is 399 g/mol. The minimum Gasteiger partial charge on any atom is -0.424 e. The van der Waals surface area contributed by atoms with Gasteiger partial charge in [0.1, 0.15) is 5.82 Å². The molecule has 0 bridgehead atoms. The van der Waals surface area contributed by atoms with Crippen LogP contribution >= 0.6 is 11.6 Å². The Morgan fingerprint density at radius 1 is 1.38 bits per heavy atom. The monoisotopic (exact) mass is 418 g/mol. The zero-order valence-electron chi connectivity index (χ0n) is 15.8. The Balaban J connectivity index is 1.33. The number of nitrogens with one attached hydrogen (secondary N) is 1. The molecule has 1 saturated heterocycles. The first kappa shape index (κ1) is 19.4. The molecule has 9 heteroatoms. The molecule has 4 rings (SSSR count). The van der Waals surface area contributed by atoms with Crippen molar-refractivity contribution in [3.63, 3.8) is 0 Å². The van der Waals surface area contributed by atoms with Gasteiger partial charge in [-0.15, -0.1) is 0 Å². The van der Waals surface area contributed by atoms with E-state index in [1.54, 1.807) is 29.3 Å². The van der Waals surface area contributed by atoms with Crippen LogP contribution in [-0.2, 0) is 16.0 Å². The van der Waals surface area contributed by atoms with Gasteiger partial charge in [-0.3, -0.25) is 14.6 Å². The summed E-state index contributed by atoms with van der Waals surface area (Å²) >= 11 is 5.76. The molecule has 0 saturated carbocycles. The van der Waals surface area contributed by atoms with Crippen molar-refractivity contribution >= 4 is 34.9 Å². The Labute approximate surface area is 172 Å². The third-order valence-corrected chi connectivity index (χ3v) is 5.43. The third-order valence-electron chi connectivity index (χ3n) is 5.12. The van der Waals surface area contributed by atoms with Crippen LogP contribution in [0.1, 0.15) is 12.6 Å². The minimum atomic E-state index is -0.451. The Kier molecular flexibility index (Phi) is 5.27. The van der Waals surface area contributed by atoms with Crippen molar-refractivity contribution in [3.05, 3.63) is 47.0 Å². The normalized spacial score (nSPS) is 18.4. The summed E-state index contributed by atoms with van der Waals surface area (Å²) < 4.78 is 18.8. The van der Waals surface area contributed by atoms with E-state index < -0.39 is 5.82 Å². The van der Waals surface area contributed by atoms with Crippen molar-refractivity contribution in [2.45, 2.75) is 19.4 Å². The summed E-state index contributed by atoms with van der Waals surface area (Å²) in [7, 11) is 0. The second-order valence-corrected chi connectivity index (χ2v) is 7.56. The van der Waals surface area contributed by atoms with Gasteiger partial charge in [0.25, 0.3) is 0 Å². The molecular formula is C20H20ClFN4O3. The molecule has 7 nitrogen and oxygen atoms in total. The SMILES string of the molecule is C[C@@H]1CN(C(=O)CNc2cnc3c(c2)OC(=O)C3)CCN1c1ccc(Cl)c(F)c1. The van der Waals surface area contributed by atoms with E-state index in [1.807, 2.05) is 6.92 Å². The van der Waals surface area contributed by atoms with Crippen LogP contribution in [0.25, 0.3) is 0 Å². The lowest BCUT2D eigenvalue weighted by atomic mass is 10.1. The Hall–Kier alpha value is -2.87. The molecule has 1 aromatic carbocycles. The molecule has 0 spiro atoms. The number of anilines is 2. The number of ether oxygens (including phenoxy) is 1. The number of nitrogens with zero attached hydrogens (tertiary/aromatic N) is 3. The average Bonchev–Trinajstić information content (AvgIpc) is 3.07. The van der Waals surface area contributed by atoms with Gasteiger partial charge >= 0.3 is 5.97 Å². The number of pyridine rings is 1. The van der Waals surface area contributed by atoms with E-state index in [-0.39, 0.29) is 35.9 Å². The van der Waals surface area contributed by atoms with Crippen LogP contribution in [0.4, 0.5) is 15.8 Å². The maximum absolute atomic E-state index is 13.8. The van der Waals surface area contributed by atoms with Crippen LogP contribution in [0.3, 0.4) is 0 Å². The maximum atomic E-state index is 13.8. The molecule has 3 heterocycles. The van der Waals surface area contributed by atoms with Crippen LogP contribution < -0.4 is 15.0 Å². The van der Waals surface area contributed by atoms with E-state index in [0.717, 1.165) is 5.69 Å². The zero-order chi connectivity index (χ0) is 20.5. The van der Waals surface area contributed by atoms with Crippen LogP contribution in [0.15, 0.2) is 30.5 Å². The number of aromatic nitrogens is 1. The molecule has 0 radical (unpaired) electrons.